The van der Waals surface area contributed by atoms with Crippen LogP contribution in [-0.2, 0) is 32.6 Å². The second-order valence-corrected chi connectivity index (χ2v) is 13.6. The Balaban J connectivity index is 2.49. The maximum Gasteiger partial charge on any atom is 0.460 e. The van der Waals surface area contributed by atoms with E-state index in [-0.39, 0.29) is 12.1 Å². The van der Waals surface area contributed by atoms with Crippen LogP contribution in [0.2, 0.25) is 0 Å². The zero-order chi connectivity index (χ0) is 46.1. The van der Waals surface area contributed by atoms with Crippen molar-refractivity contribution in [1.82, 2.24) is 0 Å². The number of alkyl halides is 24. The minimum absolute atomic E-state index is 0.0819. The molecule has 332 valence electrons. The summed E-state index contributed by atoms with van der Waals surface area (Å²) >= 11 is 0. The van der Waals surface area contributed by atoms with E-state index in [1.807, 2.05) is 0 Å². The van der Waals surface area contributed by atoms with Gasteiger partial charge in [-0.15, -0.1) is 0 Å². The summed E-state index contributed by atoms with van der Waals surface area (Å²) in [6.45, 7) is 0. The number of hydrogen-bond acceptors (Lipinski definition) is 7. The van der Waals surface area contributed by atoms with E-state index in [4.69, 9.17) is 0 Å². The number of hydrogen-bond donors (Lipinski definition) is 2. The fourth-order valence-electron chi connectivity index (χ4n) is 3.47. The third-order valence-electron chi connectivity index (χ3n) is 6.34. The number of amides is 2. The molecule has 58 heavy (non-hydrogen) atoms. The van der Waals surface area contributed by atoms with Gasteiger partial charge in [0.25, 0.3) is 0 Å². The monoisotopic (exact) mass is 944 g/mol. The van der Waals surface area contributed by atoms with Gasteiger partial charge in [0, 0.05) is 11.4 Å². The highest BCUT2D eigenvalue weighted by molar-refractivity contribution is 7.88. The van der Waals surface area contributed by atoms with Gasteiger partial charge in [-0.3, -0.25) is 0 Å². The van der Waals surface area contributed by atoms with Crippen molar-refractivity contribution in [2.75, 3.05) is 10.6 Å². The number of carbonyl (C=O) groups is 1. The SMILES string of the molecule is O=C(Nc1ccc(OS(=O)(=O)C(F)(F)C(F)(F)C(F)(F)C(F)(F)F)c(C(F)(F)F)c1)Nc1ccc(OS(=O)(=O)C(F)(F)C(F)(F)C(F)(F)C(F)(F)F)c(C(F)(F)F)c1. The number of carbonyl (C=O) groups excluding carboxylic acids is 1. The second kappa shape index (κ2) is 14.4. The van der Waals surface area contributed by atoms with E-state index in [1.165, 1.54) is 10.6 Å². The summed E-state index contributed by atoms with van der Waals surface area (Å²) in [6.07, 6.45) is -27.5. The highest BCUT2D eigenvalue weighted by atomic mass is 32.2. The van der Waals surface area contributed by atoms with Gasteiger partial charge < -0.3 is 19.0 Å². The summed E-state index contributed by atoms with van der Waals surface area (Å²) in [6, 6.07) is -4.43. The zero-order valence-electron chi connectivity index (χ0n) is 25.7. The molecule has 0 spiro atoms. The number of urea groups is 1. The molecule has 0 heterocycles. The van der Waals surface area contributed by atoms with Crippen molar-refractivity contribution in [3.05, 3.63) is 47.5 Å². The normalized spacial score (nSPS) is 14.9. The first-order chi connectivity index (χ1) is 25.2. The van der Waals surface area contributed by atoms with E-state index >= 15 is 0 Å². The predicted octanol–water partition coefficient (Wildman–Crippen LogP) is 9.64. The van der Waals surface area contributed by atoms with Crippen LogP contribution in [-0.4, -0.2) is 69.4 Å². The predicted molar refractivity (Wildman–Crippen MR) is 136 cm³/mol. The lowest BCUT2D eigenvalue weighted by atomic mass is 10.1. The number of rotatable bonds is 12. The van der Waals surface area contributed by atoms with Crippen LogP contribution in [0.15, 0.2) is 36.4 Å². The molecule has 0 atom stereocenters. The third kappa shape index (κ3) is 8.62. The summed E-state index contributed by atoms with van der Waals surface area (Å²) < 4.78 is 371. The van der Waals surface area contributed by atoms with Crippen molar-refractivity contribution in [2.45, 2.75) is 58.9 Å². The van der Waals surface area contributed by atoms with Crippen LogP contribution < -0.4 is 19.0 Å². The molecule has 0 aliphatic carbocycles. The van der Waals surface area contributed by atoms with Crippen molar-refractivity contribution < 1.29 is 135 Å². The van der Waals surface area contributed by atoms with Gasteiger partial charge >= 0.3 is 85.2 Å². The van der Waals surface area contributed by atoms with E-state index in [0.717, 1.165) is 0 Å². The van der Waals surface area contributed by atoms with Crippen LogP contribution >= 0.6 is 0 Å². The quantitative estimate of drug-likeness (QED) is 0.160. The highest BCUT2D eigenvalue weighted by Gasteiger charge is 2.87. The van der Waals surface area contributed by atoms with Crippen LogP contribution in [0.4, 0.5) is 122 Å². The first-order valence-electron chi connectivity index (χ1n) is 13.0. The van der Waals surface area contributed by atoms with Crippen molar-refractivity contribution in [1.29, 1.82) is 0 Å². The lowest BCUT2D eigenvalue weighted by Crippen LogP contribution is -2.63. The van der Waals surface area contributed by atoms with Gasteiger partial charge in [-0.05, 0) is 36.4 Å². The standard InChI is InChI=1S/C23H8F24N2O7S2/c24-14(25,26)9-5-7(1-3-11(9)55-57(51,52)22(44,45)18(34,35)16(30,31)20(38,39)40)48-13(50)49-8-2-4-12(10(6-8)15(27,28)29)56-58(53,54)23(46,47)19(36,37)17(32,33)21(41,42)43/h1-6H,(H2,48,49,50). The first kappa shape index (κ1) is 49.7. The van der Waals surface area contributed by atoms with E-state index in [1.54, 1.807) is 0 Å². The molecule has 0 aliphatic heterocycles. The third-order valence-corrected chi connectivity index (χ3v) is 8.91. The molecule has 0 saturated carbocycles. The van der Waals surface area contributed by atoms with Gasteiger partial charge in [0.05, 0.1) is 0 Å². The molecule has 2 rings (SSSR count). The summed E-state index contributed by atoms with van der Waals surface area (Å²) in [5.41, 5.74) is -8.33. The fraction of sp³-hybridized carbons (Fsp3) is 0.435. The van der Waals surface area contributed by atoms with Gasteiger partial charge in [0.2, 0.25) is 0 Å². The van der Waals surface area contributed by atoms with Crippen LogP contribution in [0.3, 0.4) is 0 Å². The second-order valence-electron chi connectivity index (χ2n) is 10.4. The Morgan fingerprint density at radius 3 is 0.914 bits per heavy atom. The Bertz CT molecular complexity index is 1960. The average molecular weight is 944 g/mol. The minimum Gasteiger partial charge on any atom is -0.377 e. The van der Waals surface area contributed by atoms with Crippen molar-refractivity contribution in [3.63, 3.8) is 0 Å². The number of halogens is 24. The molecule has 0 fully saturated rings. The molecule has 0 aliphatic rings. The first-order valence-corrected chi connectivity index (χ1v) is 15.8. The molecule has 2 amide bonds. The molecule has 35 heteroatoms. The lowest BCUT2D eigenvalue weighted by Gasteiger charge is -2.32. The minimum atomic E-state index is -7.99. The Hall–Kier alpha value is -4.47. The van der Waals surface area contributed by atoms with Crippen LogP contribution in [0.5, 0.6) is 11.5 Å². The molecule has 9 nitrogen and oxygen atoms in total. The zero-order valence-corrected chi connectivity index (χ0v) is 27.3. The van der Waals surface area contributed by atoms with E-state index in [0.29, 0.717) is 0 Å². The molecule has 2 aromatic rings. The average Bonchev–Trinajstić information content (AvgIpc) is 2.99. The van der Waals surface area contributed by atoms with E-state index in [2.05, 4.69) is 8.37 Å². The summed E-state index contributed by atoms with van der Waals surface area (Å²) in [5.74, 6) is -36.9. The number of nitrogens with one attached hydrogen (secondary N) is 2. The molecular formula is C23H8F24N2O7S2. The van der Waals surface area contributed by atoms with Gasteiger partial charge in [-0.25, -0.2) is 4.79 Å². The van der Waals surface area contributed by atoms with Crippen LogP contribution in [0, 0.1) is 0 Å². The molecule has 0 unspecified atom stereocenters. The Labute approximate surface area is 302 Å². The Morgan fingerprint density at radius 1 is 0.431 bits per heavy atom. The maximum absolute atomic E-state index is 13.9. The summed E-state index contributed by atoms with van der Waals surface area (Å²) in [5, 5.41) is -12.8. The Morgan fingerprint density at radius 2 is 0.690 bits per heavy atom. The highest BCUT2D eigenvalue weighted by Crippen LogP contribution is 2.57. The van der Waals surface area contributed by atoms with Gasteiger partial charge in [-0.2, -0.15) is 122 Å². The van der Waals surface area contributed by atoms with E-state index < -0.39 is 143 Å². The van der Waals surface area contributed by atoms with E-state index in [9.17, 15) is 127 Å². The maximum atomic E-state index is 13.9. The van der Waals surface area contributed by atoms with Crippen molar-refractivity contribution in [2.24, 2.45) is 0 Å². The Kier molecular flexibility index (Phi) is 12.3. The number of benzene rings is 2. The molecule has 0 saturated heterocycles. The molecule has 0 bridgehead atoms. The smallest absolute Gasteiger partial charge is 0.377 e. The molecule has 0 aromatic heterocycles. The molecule has 2 aromatic carbocycles. The summed E-state index contributed by atoms with van der Waals surface area (Å²) in [4.78, 5) is 12.2. The molecular weight excluding hydrogens is 936 g/mol. The van der Waals surface area contributed by atoms with Gasteiger partial charge in [0.1, 0.15) is 11.1 Å². The van der Waals surface area contributed by atoms with Gasteiger partial charge in [-0.1, -0.05) is 0 Å². The fourth-order valence-corrected chi connectivity index (χ4v) is 5.33. The number of anilines is 2. The van der Waals surface area contributed by atoms with Gasteiger partial charge in [0.15, 0.2) is 11.5 Å². The largest absolute Gasteiger partial charge is 0.460 e. The van der Waals surface area contributed by atoms with Crippen molar-refractivity contribution >= 4 is 37.6 Å². The molecule has 0 radical (unpaired) electrons. The molecule has 2 N–H and O–H groups in total. The van der Waals surface area contributed by atoms with Crippen molar-refractivity contribution in [3.8, 4) is 11.5 Å². The van der Waals surface area contributed by atoms with Crippen LogP contribution in [0.25, 0.3) is 0 Å². The summed E-state index contributed by atoms with van der Waals surface area (Å²) in [7, 11) is -16.0. The lowest BCUT2D eigenvalue weighted by molar-refractivity contribution is -0.382. The van der Waals surface area contributed by atoms with Crippen LogP contribution in [0.1, 0.15) is 11.1 Å². The topological polar surface area (TPSA) is 128 Å².